The summed E-state index contributed by atoms with van der Waals surface area (Å²) < 4.78 is 6.26. The van der Waals surface area contributed by atoms with Crippen LogP contribution in [-0.4, -0.2) is 34.6 Å². The number of benzene rings is 1. The topological polar surface area (TPSA) is 81.4 Å². The Kier molecular flexibility index (Phi) is 5.21. The van der Waals surface area contributed by atoms with E-state index in [4.69, 9.17) is 9.84 Å². The molecular formula is C16H16N2O4. The molecule has 2 rings (SSSR count). The van der Waals surface area contributed by atoms with Crippen molar-refractivity contribution in [2.45, 2.75) is 6.54 Å². The summed E-state index contributed by atoms with van der Waals surface area (Å²) in [5.41, 5.74) is 1.36. The third-order valence-corrected chi connectivity index (χ3v) is 2.98. The molecule has 0 bridgehead atoms. The number of hydrogen-bond donors (Lipinski definition) is 1. The normalized spacial score (nSPS) is 11.0. The lowest BCUT2D eigenvalue weighted by Crippen LogP contribution is -2.27. The Bertz CT molecular complexity index is 736. The van der Waals surface area contributed by atoms with Crippen molar-refractivity contribution < 1.29 is 14.6 Å². The first kappa shape index (κ1) is 15.7. The summed E-state index contributed by atoms with van der Waals surface area (Å²) in [6, 6.07) is 11.0. The molecule has 1 N–H and O–H groups in total. The predicted molar refractivity (Wildman–Crippen MR) is 82.5 cm³/mol. The molecule has 6 heteroatoms. The standard InChI is InChI=1S/C16H16N2O4/c1-22-10-9-18-16(21)13(7-8-15(19)20)11-14(17-18)12-5-3-2-4-6-12/h2-8,11H,9-10H2,1H3,(H,19,20)/b8-7+. The summed E-state index contributed by atoms with van der Waals surface area (Å²) in [6.45, 7) is 0.636. The monoisotopic (exact) mass is 300 g/mol. The molecule has 2 aromatic rings. The molecule has 1 heterocycles. The smallest absolute Gasteiger partial charge is 0.328 e. The molecule has 1 aromatic carbocycles. The molecule has 0 atom stereocenters. The van der Waals surface area contributed by atoms with Gasteiger partial charge in [0.25, 0.3) is 5.56 Å². The lowest BCUT2D eigenvalue weighted by Gasteiger charge is -2.09. The molecule has 0 unspecified atom stereocenters. The Hall–Kier alpha value is -2.73. The molecule has 0 aliphatic carbocycles. The molecule has 0 saturated carbocycles. The van der Waals surface area contributed by atoms with Crippen molar-refractivity contribution >= 4 is 12.0 Å². The number of hydrogen-bond acceptors (Lipinski definition) is 4. The highest BCUT2D eigenvalue weighted by molar-refractivity contribution is 5.85. The van der Waals surface area contributed by atoms with E-state index in [9.17, 15) is 9.59 Å². The minimum absolute atomic E-state index is 0.271. The van der Waals surface area contributed by atoms with Crippen LogP contribution in [0.25, 0.3) is 17.3 Å². The number of carboxylic acids is 1. The Balaban J connectivity index is 2.52. The maximum Gasteiger partial charge on any atom is 0.328 e. The zero-order valence-corrected chi connectivity index (χ0v) is 12.1. The minimum Gasteiger partial charge on any atom is -0.478 e. The quantitative estimate of drug-likeness (QED) is 0.820. The first-order valence-corrected chi connectivity index (χ1v) is 6.69. The Morgan fingerprint density at radius 2 is 2.09 bits per heavy atom. The highest BCUT2D eigenvalue weighted by Crippen LogP contribution is 2.16. The first-order valence-electron chi connectivity index (χ1n) is 6.69. The van der Waals surface area contributed by atoms with Crippen molar-refractivity contribution in [1.82, 2.24) is 9.78 Å². The van der Waals surface area contributed by atoms with Crippen LogP contribution in [0, 0.1) is 0 Å². The van der Waals surface area contributed by atoms with E-state index in [2.05, 4.69) is 5.10 Å². The number of carboxylic acid groups (broad SMARTS) is 1. The van der Waals surface area contributed by atoms with Gasteiger partial charge in [-0.3, -0.25) is 4.79 Å². The summed E-state index contributed by atoms with van der Waals surface area (Å²) in [7, 11) is 1.54. The van der Waals surface area contributed by atoms with E-state index >= 15 is 0 Å². The number of aliphatic carboxylic acids is 1. The highest BCUT2D eigenvalue weighted by Gasteiger charge is 2.08. The Morgan fingerprint density at radius 1 is 1.36 bits per heavy atom. The number of aromatic nitrogens is 2. The molecular weight excluding hydrogens is 284 g/mol. The van der Waals surface area contributed by atoms with Crippen LogP contribution in [0.4, 0.5) is 0 Å². The van der Waals surface area contributed by atoms with Crippen LogP contribution in [0.1, 0.15) is 5.56 Å². The molecule has 0 fully saturated rings. The van der Waals surface area contributed by atoms with E-state index in [1.165, 1.54) is 17.9 Å². The van der Waals surface area contributed by atoms with Crippen LogP contribution in [-0.2, 0) is 16.1 Å². The largest absolute Gasteiger partial charge is 0.478 e. The summed E-state index contributed by atoms with van der Waals surface area (Å²) in [4.78, 5) is 22.9. The van der Waals surface area contributed by atoms with E-state index in [1.807, 2.05) is 30.3 Å². The fourth-order valence-corrected chi connectivity index (χ4v) is 1.92. The Labute approximate surface area is 127 Å². The lowest BCUT2D eigenvalue weighted by atomic mass is 10.1. The minimum atomic E-state index is -1.11. The van der Waals surface area contributed by atoms with Gasteiger partial charge in [-0.15, -0.1) is 0 Å². The van der Waals surface area contributed by atoms with Gasteiger partial charge in [0.15, 0.2) is 0 Å². The average Bonchev–Trinajstić information content (AvgIpc) is 2.53. The second-order valence-corrected chi connectivity index (χ2v) is 4.54. The molecule has 1 aromatic heterocycles. The van der Waals surface area contributed by atoms with E-state index in [0.29, 0.717) is 18.8 Å². The van der Waals surface area contributed by atoms with Crippen molar-refractivity contribution in [2.24, 2.45) is 0 Å². The first-order chi connectivity index (χ1) is 10.6. The molecule has 0 aliphatic heterocycles. The van der Waals surface area contributed by atoms with Crippen molar-refractivity contribution in [3.05, 3.63) is 58.4 Å². The van der Waals surface area contributed by atoms with Gasteiger partial charge in [-0.1, -0.05) is 30.3 Å². The second-order valence-electron chi connectivity index (χ2n) is 4.54. The summed E-state index contributed by atoms with van der Waals surface area (Å²) in [5, 5.41) is 13.0. The van der Waals surface area contributed by atoms with Gasteiger partial charge in [-0.2, -0.15) is 5.10 Å². The summed E-state index contributed by atoms with van der Waals surface area (Å²) >= 11 is 0. The SMILES string of the molecule is COCCn1nc(-c2ccccc2)cc(/C=C/C(=O)O)c1=O. The van der Waals surface area contributed by atoms with Crippen LogP contribution in [0.2, 0.25) is 0 Å². The molecule has 0 amide bonds. The van der Waals surface area contributed by atoms with Crippen LogP contribution >= 0.6 is 0 Å². The van der Waals surface area contributed by atoms with Crippen LogP contribution in [0.5, 0.6) is 0 Å². The van der Waals surface area contributed by atoms with Crippen molar-refractivity contribution in [3.63, 3.8) is 0 Å². The van der Waals surface area contributed by atoms with Gasteiger partial charge in [-0.25, -0.2) is 9.48 Å². The molecule has 0 radical (unpaired) electrons. The Morgan fingerprint density at radius 3 is 2.73 bits per heavy atom. The molecule has 0 saturated heterocycles. The maximum atomic E-state index is 12.3. The van der Waals surface area contributed by atoms with Crippen LogP contribution < -0.4 is 5.56 Å². The average molecular weight is 300 g/mol. The van der Waals surface area contributed by atoms with Gasteiger partial charge in [0.05, 0.1) is 18.8 Å². The summed E-state index contributed by atoms with van der Waals surface area (Å²) in [5.74, 6) is -1.11. The number of methoxy groups -OCH3 is 1. The zero-order chi connectivity index (χ0) is 15.9. The lowest BCUT2D eigenvalue weighted by molar-refractivity contribution is -0.131. The van der Waals surface area contributed by atoms with E-state index in [1.54, 1.807) is 6.07 Å². The number of nitrogens with zero attached hydrogens (tertiary/aromatic N) is 2. The van der Waals surface area contributed by atoms with Crippen molar-refractivity contribution in [1.29, 1.82) is 0 Å². The fraction of sp³-hybridized carbons (Fsp3) is 0.188. The van der Waals surface area contributed by atoms with Crippen LogP contribution in [0.3, 0.4) is 0 Å². The molecule has 114 valence electrons. The third-order valence-electron chi connectivity index (χ3n) is 2.98. The van der Waals surface area contributed by atoms with Crippen molar-refractivity contribution in [3.8, 4) is 11.3 Å². The van der Waals surface area contributed by atoms with Gasteiger partial charge < -0.3 is 9.84 Å². The van der Waals surface area contributed by atoms with E-state index in [-0.39, 0.29) is 11.1 Å². The molecule has 6 nitrogen and oxygen atoms in total. The number of ether oxygens (including phenoxy) is 1. The zero-order valence-electron chi connectivity index (χ0n) is 12.1. The van der Waals surface area contributed by atoms with E-state index < -0.39 is 5.97 Å². The molecule has 22 heavy (non-hydrogen) atoms. The second kappa shape index (κ2) is 7.33. The van der Waals surface area contributed by atoms with Gasteiger partial charge >= 0.3 is 5.97 Å². The summed E-state index contributed by atoms with van der Waals surface area (Å²) in [6.07, 6.45) is 2.22. The fourth-order valence-electron chi connectivity index (χ4n) is 1.92. The maximum absolute atomic E-state index is 12.3. The van der Waals surface area contributed by atoms with E-state index in [0.717, 1.165) is 11.6 Å². The van der Waals surface area contributed by atoms with Crippen LogP contribution in [0.15, 0.2) is 47.3 Å². The number of rotatable bonds is 6. The molecule has 0 spiro atoms. The van der Waals surface area contributed by atoms with Gasteiger partial charge in [-0.05, 0) is 12.1 Å². The molecule has 0 aliphatic rings. The van der Waals surface area contributed by atoms with Gasteiger partial charge in [0.2, 0.25) is 0 Å². The van der Waals surface area contributed by atoms with Gasteiger partial charge in [0.1, 0.15) is 0 Å². The highest BCUT2D eigenvalue weighted by atomic mass is 16.5. The van der Waals surface area contributed by atoms with Crippen molar-refractivity contribution in [2.75, 3.05) is 13.7 Å². The number of carbonyl (C=O) groups is 1. The predicted octanol–water partition coefficient (Wildman–Crippen LogP) is 1.65. The third kappa shape index (κ3) is 3.89. The van der Waals surface area contributed by atoms with Gasteiger partial charge in [0, 0.05) is 24.3 Å².